The summed E-state index contributed by atoms with van der Waals surface area (Å²) in [5.74, 6) is 2.30. The summed E-state index contributed by atoms with van der Waals surface area (Å²) in [7, 11) is 2.03. The van der Waals surface area contributed by atoms with E-state index in [2.05, 4.69) is 54.9 Å². The van der Waals surface area contributed by atoms with Gasteiger partial charge in [0.15, 0.2) is 5.82 Å². The Hall–Kier alpha value is -2.14. The molecule has 0 radical (unpaired) electrons. The smallest absolute Gasteiger partial charge is 0.232 e. The second-order valence-corrected chi connectivity index (χ2v) is 7.04. The molecule has 2 aromatic heterocycles. The van der Waals surface area contributed by atoms with Crippen molar-refractivity contribution in [3.8, 4) is 0 Å². The average molecular weight is 313 g/mol. The molecule has 3 aromatic rings. The third-order valence-electron chi connectivity index (χ3n) is 4.02. The van der Waals surface area contributed by atoms with Crippen LogP contribution in [0.4, 0.5) is 0 Å². The zero-order valence-electron chi connectivity index (χ0n) is 14.3. The summed E-state index contributed by atoms with van der Waals surface area (Å²) in [6, 6.07) is 10.3. The zero-order valence-corrected chi connectivity index (χ0v) is 14.3. The quantitative estimate of drug-likeness (QED) is 0.718. The van der Waals surface area contributed by atoms with Crippen molar-refractivity contribution < 1.29 is 8.94 Å². The molecule has 0 aliphatic heterocycles. The number of fused-ring (bicyclic) bond motifs is 1. The summed E-state index contributed by atoms with van der Waals surface area (Å²) >= 11 is 0. The highest BCUT2D eigenvalue weighted by Crippen LogP contribution is 2.27. The van der Waals surface area contributed by atoms with E-state index in [0.717, 1.165) is 16.7 Å². The van der Waals surface area contributed by atoms with Crippen molar-refractivity contribution in [3.63, 3.8) is 0 Å². The molecule has 122 valence electrons. The minimum Gasteiger partial charge on any atom is -0.459 e. The van der Waals surface area contributed by atoms with Gasteiger partial charge in [-0.25, -0.2) is 0 Å². The van der Waals surface area contributed by atoms with Crippen LogP contribution < -0.4 is 0 Å². The maximum absolute atomic E-state index is 5.94. The van der Waals surface area contributed by atoms with Crippen LogP contribution >= 0.6 is 0 Å². The monoisotopic (exact) mass is 313 g/mol. The van der Waals surface area contributed by atoms with Crippen LogP contribution in [0.3, 0.4) is 0 Å². The first kappa shape index (κ1) is 15.7. The molecular weight excluding hydrogens is 290 g/mol. The highest BCUT2D eigenvalue weighted by atomic mass is 16.5. The predicted octanol–water partition coefficient (Wildman–Crippen LogP) is 4.31. The van der Waals surface area contributed by atoms with E-state index in [-0.39, 0.29) is 11.5 Å². The first-order chi connectivity index (χ1) is 10.8. The molecule has 1 aromatic carbocycles. The molecule has 0 N–H and O–H groups in total. The second-order valence-electron chi connectivity index (χ2n) is 7.04. The number of para-hydroxylation sites is 1. The molecule has 0 aliphatic rings. The lowest BCUT2D eigenvalue weighted by molar-refractivity contribution is 0.218. The number of rotatable bonds is 4. The van der Waals surface area contributed by atoms with Crippen molar-refractivity contribution in [3.05, 3.63) is 47.8 Å². The SMILES string of the molecule is CC(c1cc2ccccc2o1)N(C)Cc1noc(C(C)(C)C)n1. The molecule has 5 heteroatoms. The maximum atomic E-state index is 5.94. The first-order valence-electron chi connectivity index (χ1n) is 7.86. The van der Waals surface area contributed by atoms with Gasteiger partial charge in [-0.15, -0.1) is 0 Å². The molecule has 0 bridgehead atoms. The Kier molecular flexibility index (Phi) is 3.98. The van der Waals surface area contributed by atoms with Crippen molar-refractivity contribution >= 4 is 11.0 Å². The molecule has 23 heavy (non-hydrogen) atoms. The third kappa shape index (κ3) is 3.29. The van der Waals surface area contributed by atoms with Crippen LogP contribution in [-0.4, -0.2) is 22.1 Å². The minimum atomic E-state index is -0.131. The van der Waals surface area contributed by atoms with Crippen molar-refractivity contribution in [2.24, 2.45) is 0 Å². The van der Waals surface area contributed by atoms with E-state index in [9.17, 15) is 0 Å². The Balaban J connectivity index is 1.74. The molecule has 2 heterocycles. The second kappa shape index (κ2) is 5.81. The molecular formula is C18H23N3O2. The summed E-state index contributed by atoms with van der Waals surface area (Å²) in [5, 5.41) is 5.21. The molecule has 1 unspecified atom stereocenters. The van der Waals surface area contributed by atoms with E-state index in [1.165, 1.54) is 0 Å². The van der Waals surface area contributed by atoms with E-state index >= 15 is 0 Å². The van der Waals surface area contributed by atoms with Gasteiger partial charge in [0, 0.05) is 10.8 Å². The average Bonchev–Trinajstić information content (AvgIpc) is 3.11. The molecule has 0 saturated heterocycles. The summed E-state index contributed by atoms with van der Waals surface area (Å²) in [6.45, 7) is 8.90. The van der Waals surface area contributed by atoms with Crippen LogP contribution in [-0.2, 0) is 12.0 Å². The van der Waals surface area contributed by atoms with Crippen LogP contribution in [0.1, 0.15) is 51.2 Å². The van der Waals surface area contributed by atoms with E-state index in [1.807, 2.05) is 25.2 Å². The number of furan rings is 1. The topological polar surface area (TPSA) is 55.3 Å². The fraction of sp³-hybridized carbons (Fsp3) is 0.444. The van der Waals surface area contributed by atoms with Gasteiger partial charge in [0.1, 0.15) is 11.3 Å². The first-order valence-corrected chi connectivity index (χ1v) is 7.86. The van der Waals surface area contributed by atoms with Crippen molar-refractivity contribution in [1.82, 2.24) is 15.0 Å². The largest absolute Gasteiger partial charge is 0.459 e. The molecule has 0 amide bonds. The Morgan fingerprint density at radius 2 is 1.96 bits per heavy atom. The maximum Gasteiger partial charge on any atom is 0.232 e. The van der Waals surface area contributed by atoms with Crippen LogP contribution in [0.2, 0.25) is 0 Å². The van der Waals surface area contributed by atoms with Gasteiger partial charge < -0.3 is 8.94 Å². The summed E-state index contributed by atoms with van der Waals surface area (Å²) < 4.78 is 11.3. The predicted molar refractivity (Wildman–Crippen MR) is 89.1 cm³/mol. The number of benzene rings is 1. The summed E-state index contributed by atoms with van der Waals surface area (Å²) in [5.41, 5.74) is 0.783. The lowest BCUT2D eigenvalue weighted by Crippen LogP contribution is -2.22. The van der Waals surface area contributed by atoms with Crippen LogP contribution in [0.25, 0.3) is 11.0 Å². The lowest BCUT2D eigenvalue weighted by Gasteiger charge is -2.21. The van der Waals surface area contributed by atoms with E-state index in [4.69, 9.17) is 8.94 Å². The number of hydrogen-bond donors (Lipinski definition) is 0. The van der Waals surface area contributed by atoms with Gasteiger partial charge in [-0.2, -0.15) is 4.98 Å². The Morgan fingerprint density at radius 3 is 2.61 bits per heavy atom. The molecule has 1 atom stereocenters. The highest BCUT2D eigenvalue weighted by Gasteiger charge is 2.23. The van der Waals surface area contributed by atoms with Gasteiger partial charge >= 0.3 is 0 Å². The van der Waals surface area contributed by atoms with Crippen molar-refractivity contribution in [2.75, 3.05) is 7.05 Å². The fourth-order valence-corrected chi connectivity index (χ4v) is 2.41. The lowest BCUT2D eigenvalue weighted by atomic mass is 9.97. The third-order valence-corrected chi connectivity index (χ3v) is 4.02. The van der Waals surface area contributed by atoms with Gasteiger partial charge in [-0.1, -0.05) is 44.1 Å². The molecule has 3 rings (SSSR count). The normalized spacial score (nSPS) is 13.8. The van der Waals surface area contributed by atoms with Gasteiger partial charge in [-0.3, -0.25) is 4.90 Å². The number of nitrogens with zero attached hydrogens (tertiary/aromatic N) is 3. The van der Waals surface area contributed by atoms with Crippen molar-refractivity contribution in [1.29, 1.82) is 0 Å². The summed E-state index contributed by atoms with van der Waals surface area (Å²) in [6.07, 6.45) is 0. The van der Waals surface area contributed by atoms with Crippen LogP contribution in [0, 0.1) is 0 Å². The zero-order chi connectivity index (χ0) is 16.6. The van der Waals surface area contributed by atoms with Gasteiger partial charge in [-0.05, 0) is 26.1 Å². The fourth-order valence-electron chi connectivity index (χ4n) is 2.41. The number of aromatic nitrogens is 2. The van der Waals surface area contributed by atoms with Gasteiger partial charge in [0.25, 0.3) is 0 Å². The standard InChI is InChI=1S/C18H23N3O2/c1-12(15-10-13-8-6-7-9-14(13)22-15)21(5)11-16-19-17(23-20-16)18(2,3)4/h6-10,12H,11H2,1-5H3. The number of hydrogen-bond acceptors (Lipinski definition) is 5. The Morgan fingerprint density at radius 1 is 1.22 bits per heavy atom. The van der Waals surface area contributed by atoms with E-state index < -0.39 is 0 Å². The van der Waals surface area contributed by atoms with E-state index in [1.54, 1.807) is 0 Å². The van der Waals surface area contributed by atoms with Crippen LogP contribution in [0.5, 0.6) is 0 Å². The Labute approximate surface area is 136 Å². The Bertz CT molecular complexity index is 765. The molecule has 0 fully saturated rings. The van der Waals surface area contributed by atoms with Gasteiger partial charge in [0.2, 0.25) is 5.89 Å². The molecule has 0 saturated carbocycles. The summed E-state index contributed by atoms with van der Waals surface area (Å²) in [4.78, 5) is 6.64. The molecule has 0 spiro atoms. The van der Waals surface area contributed by atoms with Gasteiger partial charge in [0.05, 0.1) is 12.6 Å². The van der Waals surface area contributed by atoms with E-state index in [0.29, 0.717) is 18.3 Å². The van der Waals surface area contributed by atoms with Crippen LogP contribution in [0.15, 0.2) is 39.3 Å². The highest BCUT2D eigenvalue weighted by molar-refractivity contribution is 5.77. The van der Waals surface area contributed by atoms with Crippen molar-refractivity contribution in [2.45, 2.75) is 45.7 Å². The molecule has 5 nitrogen and oxygen atoms in total. The minimum absolute atomic E-state index is 0.124. The molecule has 0 aliphatic carbocycles.